The van der Waals surface area contributed by atoms with Crippen molar-refractivity contribution in [2.75, 3.05) is 4.72 Å². The first-order valence-corrected chi connectivity index (χ1v) is 8.84. The minimum Gasteiger partial charge on any atom is -0.310 e. The molecule has 2 heterocycles. The van der Waals surface area contributed by atoms with E-state index in [1.807, 2.05) is 19.2 Å². The molecule has 8 heteroatoms. The Labute approximate surface area is 128 Å². The van der Waals surface area contributed by atoms with Gasteiger partial charge in [0.25, 0.3) is 10.0 Å². The molecule has 2 rings (SSSR count). The summed E-state index contributed by atoms with van der Waals surface area (Å²) in [6, 6.07) is 0.290. The average Bonchev–Trinajstić information content (AvgIpc) is 2.79. The summed E-state index contributed by atoms with van der Waals surface area (Å²) < 4.78 is 27.6. The van der Waals surface area contributed by atoms with Crippen molar-refractivity contribution in [2.45, 2.75) is 38.3 Å². The molecular weight excluding hydrogens is 308 g/mol. The molecule has 0 aliphatic heterocycles. The van der Waals surface area contributed by atoms with E-state index >= 15 is 0 Å². The summed E-state index contributed by atoms with van der Waals surface area (Å²) in [5.41, 5.74) is 1.09. The van der Waals surface area contributed by atoms with Crippen LogP contribution in [0, 0.1) is 6.92 Å². The summed E-state index contributed by atoms with van der Waals surface area (Å²) in [6.45, 7) is 6.37. The van der Waals surface area contributed by atoms with E-state index in [2.05, 4.69) is 20.0 Å². The maximum absolute atomic E-state index is 12.6. The van der Waals surface area contributed by atoms with E-state index in [4.69, 9.17) is 0 Å². The quantitative estimate of drug-likeness (QED) is 0.850. The highest BCUT2D eigenvalue weighted by Crippen LogP contribution is 2.28. The first-order chi connectivity index (χ1) is 9.90. The number of hydrogen-bond acceptors (Lipinski definition) is 6. The molecule has 6 nitrogen and oxygen atoms in total. The van der Waals surface area contributed by atoms with Crippen molar-refractivity contribution < 1.29 is 8.42 Å². The maximum atomic E-state index is 12.6. The molecule has 2 N–H and O–H groups in total. The number of nitrogens with zero attached hydrogens (tertiary/aromatic N) is 2. The zero-order chi connectivity index (χ0) is 15.5. The van der Waals surface area contributed by atoms with Crippen LogP contribution < -0.4 is 10.0 Å². The van der Waals surface area contributed by atoms with E-state index < -0.39 is 10.0 Å². The maximum Gasteiger partial charge on any atom is 0.263 e. The Hall–Kier alpha value is -1.51. The van der Waals surface area contributed by atoms with Gasteiger partial charge in [-0.3, -0.25) is 4.72 Å². The topological polar surface area (TPSA) is 84.0 Å². The van der Waals surface area contributed by atoms with Gasteiger partial charge in [-0.1, -0.05) is 13.8 Å². The molecule has 0 radical (unpaired) electrons. The van der Waals surface area contributed by atoms with Gasteiger partial charge >= 0.3 is 0 Å². The third kappa shape index (κ3) is 3.99. The Kier molecular flexibility index (Phi) is 4.92. The lowest BCUT2D eigenvalue weighted by Gasteiger charge is -2.11. The van der Waals surface area contributed by atoms with Crippen molar-refractivity contribution >= 4 is 27.0 Å². The van der Waals surface area contributed by atoms with Gasteiger partial charge in [0.2, 0.25) is 0 Å². The molecule has 2 aromatic heterocycles. The van der Waals surface area contributed by atoms with Crippen molar-refractivity contribution in [2.24, 2.45) is 0 Å². The molecule has 114 valence electrons. The Morgan fingerprint density at radius 2 is 1.95 bits per heavy atom. The summed E-state index contributed by atoms with van der Waals surface area (Å²) >= 11 is 1.44. The van der Waals surface area contributed by atoms with Crippen LogP contribution in [0.2, 0.25) is 0 Å². The summed E-state index contributed by atoms with van der Waals surface area (Å²) in [5.74, 6) is 0. The zero-order valence-electron chi connectivity index (χ0n) is 12.1. The summed E-state index contributed by atoms with van der Waals surface area (Å²) in [5, 5.41) is 5.10. The van der Waals surface area contributed by atoms with Gasteiger partial charge in [-0.15, -0.1) is 11.3 Å². The average molecular weight is 326 g/mol. The molecule has 0 unspecified atom stereocenters. The van der Waals surface area contributed by atoms with Crippen molar-refractivity contribution in [3.8, 4) is 0 Å². The van der Waals surface area contributed by atoms with Gasteiger partial charge in [0.1, 0.15) is 11.2 Å². The van der Waals surface area contributed by atoms with E-state index in [1.54, 1.807) is 6.92 Å². The summed E-state index contributed by atoms with van der Waals surface area (Å²) in [7, 11) is -3.64. The highest BCUT2D eigenvalue weighted by Gasteiger charge is 2.23. The van der Waals surface area contributed by atoms with Crippen LogP contribution in [-0.2, 0) is 16.6 Å². The number of thiophene rings is 1. The Morgan fingerprint density at radius 1 is 1.29 bits per heavy atom. The first kappa shape index (κ1) is 15.9. The number of aryl methyl sites for hydroxylation is 1. The molecule has 0 saturated carbocycles. The largest absolute Gasteiger partial charge is 0.310 e. The van der Waals surface area contributed by atoms with Crippen molar-refractivity contribution in [3.63, 3.8) is 0 Å². The Morgan fingerprint density at radius 3 is 2.57 bits per heavy atom. The molecule has 0 amide bonds. The molecule has 0 aliphatic rings. The van der Waals surface area contributed by atoms with Gasteiger partial charge in [0.15, 0.2) is 0 Å². The fraction of sp³-hybridized carbons (Fsp3) is 0.385. The van der Waals surface area contributed by atoms with Crippen LogP contribution in [0.3, 0.4) is 0 Å². The van der Waals surface area contributed by atoms with Crippen molar-refractivity contribution in [1.82, 2.24) is 15.3 Å². The lowest BCUT2D eigenvalue weighted by molar-refractivity contribution is 0.581. The zero-order valence-corrected chi connectivity index (χ0v) is 13.8. The van der Waals surface area contributed by atoms with E-state index in [-0.39, 0.29) is 0 Å². The number of hydrogen-bond donors (Lipinski definition) is 2. The number of aromatic nitrogens is 2. The smallest absolute Gasteiger partial charge is 0.263 e. The van der Waals surface area contributed by atoms with Gasteiger partial charge in [0.05, 0.1) is 18.1 Å². The second-order valence-corrected chi connectivity index (χ2v) is 7.52. The van der Waals surface area contributed by atoms with Crippen LogP contribution in [0.15, 0.2) is 29.0 Å². The van der Waals surface area contributed by atoms with Crippen LogP contribution in [0.25, 0.3) is 0 Å². The van der Waals surface area contributed by atoms with E-state index in [1.165, 1.54) is 30.1 Å². The number of rotatable bonds is 6. The van der Waals surface area contributed by atoms with E-state index in [0.717, 1.165) is 10.4 Å². The third-order valence-electron chi connectivity index (χ3n) is 2.74. The number of anilines is 1. The molecule has 0 bridgehead atoms. The van der Waals surface area contributed by atoms with Gasteiger partial charge in [-0.25, -0.2) is 18.4 Å². The predicted molar refractivity (Wildman–Crippen MR) is 83.9 cm³/mol. The minimum absolute atomic E-state index is 0.290. The van der Waals surface area contributed by atoms with Crippen LogP contribution in [0.4, 0.5) is 5.69 Å². The van der Waals surface area contributed by atoms with Gasteiger partial charge in [-0.2, -0.15) is 0 Å². The molecule has 0 aliphatic carbocycles. The highest BCUT2D eigenvalue weighted by molar-refractivity contribution is 7.93. The Balaban J connectivity index is 2.29. The SMILES string of the molecule is Cc1csc(CNC(C)C)c1S(=O)(=O)Nc1cncnc1. The molecular formula is C13H18N4O2S2. The number of sulfonamides is 1. The fourth-order valence-electron chi connectivity index (χ4n) is 1.83. The lowest BCUT2D eigenvalue weighted by Crippen LogP contribution is -2.23. The molecule has 0 spiro atoms. The second kappa shape index (κ2) is 6.50. The molecule has 2 aromatic rings. The van der Waals surface area contributed by atoms with E-state index in [9.17, 15) is 8.42 Å². The second-order valence-electron chi connectivity index (χ2n) is 4.94. The molecule has 21 heavy (non-hydrogen) atoms. The van der Waals surface area contributed by atoms with Crippen molar-refractivity contribution in [1.29, 1.82) is 0 Å². The first-order valence-electron chi connectivity index (χ1n) is 6.48. The fourth-order valence-corrected chi connectivity index (χ4v) is 4.62. The molecule has 0 fully saturated rings. The third-order valence-corrected chi connectivity index (χ3v) is 5.59. The van der Waals surface area contributed by atoms with Crippen LogP contribution in [0.1, 0.15) is 24.3 Å². The minimum atomic E-state index is -3.64. The lowest BCUT2D eigenvalue weighted by atomic mass is 10.3. The predicted octanol–water partition coefficient (Wildman–Crippen LogP) is 2.15. The number of nitrogens with one attached hydrogen (secondary N) is 2. The van der Waals surface area contributed by atoms with Gasteiger partial charge in [0, 0.05) is 17.5 Å². The highest BCUT2D eigenvalue weighted by atomic mass is 32.2. The summed E-state index contributed by atoms with van der Waals surface area (Å²) in [6.07, 6.45) is 4.21. The van der Waals surface area contributed by atoms with Gasteiger partial charge < -0.3 is 5.32 Å². The standard InChI is InChI=1S/C13H18N4O2S2/c1-9(2)16-6-12-13(10(3)7-20-12)21(18,19)17-11-4-14-8-15-5-11/h4-5,7-9,16-17H,6H2,1-3H3. The summed E-state index contributed by atoms with van der Waals surface area (Å²) in [4.78, 5) is 8.75. The van der Waals surface area contributed by atoms with Crippen molar-refractivity contribution in [3.05, 3.63) is 34.5 Å². The molecule has 0 saturated heterocycles. The molecule has 0 aromatic carbocycles. The Bertz CT molecular complexity index is 696. The van der Waals surface area contributed by atoms with Crippen LogP contribution in [-0.4, -0.2) is 24.4 Å². The normalized spacial score (nSPS) is 11.8. The van der Waals surface area contributed by atoms with Gasteiger partial charge in [-0.05, 0) is 17.9 Å². The molecule has 0 atom stereocenters. The van der Waals surface area contributed by atoms with Crippen LogP contribution in [0.5, 0.6) is 0 Å². The monoisotopic (exact) mass is 326 g/mol. The van der Waals surface area contributed by atoms with E-state index in [0.29, 0.717) is 23.2 Å². The van der Waals surface area contributed by atoms with Crippen LogP contribution >= 0.6 is 11.3 Å².